The van der Waals surface area contributed by atoms with Crippen molar-refractivity contribution in [3.63, 3.8) is 0 Å². The first-order valence-electron chi connectivity index (χ1n) is 4.29. The summed E-state index contributed by atoms with van der Waals surface area (Å²) in [6.07, 6.45) is 2.75. The minimum absolute atomic E-state index is 0.588. The summed E-state index contributed by atoms with van der Waals surface area (Å²) in [5, 5.41) is 0. The van der Waals surface area contributed by atoms with Gasteiger partial charge in [-0.15, -0.1) is 0 Å². The molecule has 1 heterocycles. The van der Waals surface area contributed by atoms with E-state index in [1.165, 1.54) is 0 Å². The van der Waals surface area contributed by atoms with E-state index in [0.717, 1.165) is 11.3 Å². The van der Waals surface area contributed by atoms with Crippen molar-refractivity contribution in [1.29, 1.82) is 0 Å². The van der Waals surface area contributed by atoms with E-state index in [0.29, 0.717) is 11.7 Å². The highest BCUT2D eigenvalue weighted by Crippen LogP contribution is 2.21. The highest BCUT2D eigenvalue weighted by atomic mass is 16.5. The number of hydrogen-bond donors (Lipinski definition) is 0. The third-order valence-electron chi connectivity index (χ3n) is 1.90. The average Bonchev–Trinajstić information content (AvgIpc) is 2.65. The van der Waals surface area contributed by atoms with E-state index in [1.807, 2.05) is 31.2 Å². The Balaban J connectivity index is 2.33. The molecule has 14 heavy (non-hydrogen) atoms. The molecule has 0 unspecified atom stereocenters. The van der Waals surface area contributed by atoms with Crippen LogP contribution in [0.15, 0.2) is 28.7 Å². The number of rotatable bonds is 2. The van der Waals surface area contributed by atoms with Gasteiger partial charge in [0.25, 0.3) is 0 Å². The summed E-state index contributed by atoms with van der Waals surface area (Å²) < 4.78 is 10.4. The van der Waals surface area contributed by atoms with Crippen LogP contribution in [-0.4, -0.2) is 12.1 Å². The summed E-state index contributed by atoms with van der Waals surface area (Å²) >= 11 is 0. The third kappa shape index (κ3) is 1.62. The average molecular weight is 188 g/mol. The van der Waals surface area contributed by atoms with Crippen molar-refractivity contribution in [3.05, 3.63) is 36.2 Å². The molecular formula is C11H10NO2. The number of aromatic nitrogens is 1. The van der Waals surface area contributed by atoms with Gasteiger partial charge in [0.2, 0.25) is 5.89 Å². The molecule has 3 nitrogen and oxygen atoms in total. The van der Waals surface area contributed by atoms with Crippen LogP contribution in [0.4, 0.5) is 0 Å². The van der Waals surface area contributed by atoms with Crippen LogP contribution in [0.1, 0.15) is 5.76 Å². The molecule has 0 aliphatic carbocycles. The molecule has 0 amide bonds. The lowest BCUT2D eigenvalue weighted by molar-refractivity contribution is 0.415. The Morgan fingerprint density at radius 1 is 1.29 bits per heavy atom. The van der Waals surface area contributed by atoms with Crippen molar-refractivity contribution in [1.82, 2.24) is 4.98 Å². The van der Waals surface area contributed by atoms with E-state index in [9.17, 15) is 0 Å². The van der Waals surface area contributed by atoms with Gasteiger partial charge in [0, 0.05) is 5.56 Å². The highest BCUT2D eigenvalue weighted by molar-refractivity contribution is 5.54. The first-order valence-corrected chi connectivity index (χ1v) is 4.29. The van der Waals surface area contributed by atoms with Gasteiger partial charge < -0.3 is 9.15 Å². The van der Waals surface area contributed by atoms with Crippen LogP contribution >= 0.6 is 0 Å². The Bertz CT molecular complexity index is 417. The lowest BCUT2D eigenvalue weighted by Gasteiger charge is -1.99. The number of hydrogen-bond acceptors (Lipinski definition) is 3. The van der Waals surface area contributed by atoms with Gasteiger partial charge in [-0.3, -0.25) is 0 Å². The zero-order valence-corrected chi connectivity index (χ0v) is 8.07. The first kappa shape index (κ1) is 8.81. The largest absolute Gasteiger partial charge is 0.497 e. The molecule has 0 aliphatic rings. The summed E-state index contributed by atoms with van der Waals surface area (Å²) in [6, 6.07) is 7.54. The standard InChI is InChI=1S/C11H10NO2/c1-8-7-12-11(14-8)9-3-5-10(13-2)6-4-9/h3-6H,1-2H3. The molecule has 1 radical (unpaired) electrons. The van der Waals surface area contributed by atoms with Gasteiger partial charge in [0.05, 0.1) is 7.11 Å². The zero-order chi connectivity index (χ0) is 9.97. The number of methoxy groups -OCH3 is 1. The third-order valence-corrected chi connectivity index (χ3v) is 1.90. The molecule has 0 fully saturated rings. The fourth-order valence-corrected chi connectivity index (χ4v) is 1.18. The van der Waals surface area contributed by atoms with Crippen LogP contribution < -0.4 is 4.74 Å². The monoisotopic (exact) mass is 188 g/mol. The molecule has 71 valence electrons. The van der Waals surface area contributed by atoms with Crippen molar-refractivity contribution >= 4 is 0 Å². The Labute approximate surface area is 82.3 Å². The van der Waals surface area contributed by atoms with E-state index >= 15 is 0 Å². The minimum Gasteiger partial charge on any atom is -0.497 e. The smallest absolute Gasteiger partial charge is 0.226 e. The van der Waals surface area contributed by atoms with E-state index in [1.54, 1.807) is 7.11 Å². The zero-order valence-electron chi connectivity index (χ0n) is 8.07. The number of ether oxygens (including phenoxy) is 1. The van der Waals surface area contributed by atoms with Crippen LogP contribution in [0.25, 0.3) is 11.5 Å². The normalized spacial score (nSPS) is 10.1. The van der Waals surface area contributed by atoms with Gasteiger partial charge in [-0.1, -0.05) is 0 Å². The predicted molar refractivity (Wildman–Crippen MR) is 52.1 cm³/mol. The summed E-state index contributed by atoms with van der Waals surface area (Å²) in [5.74, 6) is 2.10. The van der Waals surface area contributed by atoms with Crippen molar-refractivity contribution in [3.8, 4) is 17.2 Å². The van der Waals surface area contributed by atoms with Crippen molar-refractivity contribution in [2.24, 2.45) is 0 Å². The predicted octanol–water partition coefficient (Wildman–Crippen LogP) is 2.46. The summed E-state index contributed by atoms with van der Waals surface area (Å²) in [5.41, 5.74) is 0.926. The molecule has 0 spiro atoms. The van der Waals surface area contributed by atoms with Crippen LogP contribution in [0.5, 0.6) is 5.75 Å². The van der Waals surface area contributed by atoms with E-state index in [4.69, 9.17) is 9.15 Å². The van der Waals surface area contributed by atoms with Crippen LogP contribution in [0, 0.1) is 13.1 Å². The molecule has 0 bridgehead atoms. The molecule has 2 rings (SSSR count). The maximum Gasteiger partial charge on any atom is 0.226 e. The van der Waals surface area contributed by atoms with Crippen LogP contribution in [0.3, 0.4) is 0 Å². The van der Waals surface area contributed by atoms with Gasteiger partial charge in [-0.2, -0.15) is 0 Å². The SMILES string of the molecule is COc1ccc(-c2n[c]c(C)o2)cc1. The Morgan fingerprint density at radius 2 is 2.00 bits per heavy atom. The lowest BCUT2D eigenvalue weighted by atomic mass is 10.2. The van der Waals surface area contributed by atoms with Gasteiger partial charge >= 0.3 is 0 Å². The maximum atomic E-state index is 5.34. The molecule has 1 aromatic carbocycles. The lowest BCUT2D eigenvalue weighted by Crippen LogP contribution is -1.82. The van der Waals surface area contributed by atoms with Gasteiger partial charge in [-0.05, 0) is 31.2 Å². The van der Waals surface area contributed by atoms with E-state index < -0.39 is 0 Å². The highest BCUT2D eigenvalue weighted by Gasteiger charge is 2.03. The number of aryl methyl sites for hydroxylation is 1. The molecular weight excluding hydrogens is 178 g/mol. The molecule has 2 aromatic rings. The minimum atomic E-state index is 0.588. The quantitative estimate of drug-likeness (QED) is 0.726. The maximum absolute atomic E-state index is 5.34. The molecule has 0 aliphatic heterocycles. The molecule has 0 atom stereocenters. The second-order valence-corrected chi connectivity index (χ2v) is 2.92. The van der Waals surface area contributed by atoms with Crippen molar-refractivity contribution < 1.29 is 9.15 Å². The van der Waals surface area contributed by atoms with Crippen molar-refractivity contribution in [2.75, 3.05) is 7.11 Å². The Kier molecular flexibility index (Phi) is 2.23. The summed E-state index contributed by atoms with van der Waals surface area (Å²) in [4.78, 5) is 4.01. The van der Waals surface area contributed by atoms with Gasteiger partial charge in [-0.25, -0.2) is 4.98 Å². The fraction of sp³-hybridized carbons (Fsp3) is 0.182. The second-order valence-electron chi connectivity index (χ2n) is 2.92. The summed E-state index contributed by atoms with van der Waals surface area (Å²) in [6.45, 7) is 1.82. The number of nitrogens with zero attached hydrogens (tertiary/aromatic N) is 1. The fourth-order valence-electron chi connectivity index (χ4n) is 1.18. The van der Waals surface area contributed by atoms with Gasteiger partial charge in [0.15, 0.2) is 0 Å². The molecule has 0 N–H and O–H groups in total. The van der Waals surface area contributed by atoms with Crippen LogP contribution in [0.2, 0.25) is 0 Å². The molecule has 0 saturated carbocycles. The van der Waals surface area contributed by atoms with Crippen molar-refractivity contribution in [2.45, 2.75) is 6.92 Å². The van der Waals surface area contributed by atoms with E-state index in [-0.39, 0.29) is 0 Å². The number of oxazole rings is 1. The summed E-state index contributed by atoms with van der Waals surface area (Å²) in [7, 11) is 1.64. The topological polar surface area (TPSA) is 35.3 Å². The first-order chi connectivity index (χ1) is 6.79. The van der Waals surface area contributed by atoms with Gasteiger partial charge in [0.1, 0.15) is 17.7 Å². The molecule has 0 saturated heterocycles. The van der Waals surface area contributed by atoms with Crippen LogP contribution in [-0.2, 0) is 0 Å². The van der Waals surface area contributed by atoms with E-state index in [2.05, 4.69) is 11.2 Å². The second kappa shape index (κ2) is 3.54. The Morgan fingerprint density at radius 3 is 2.50 bits per heavy atom. The molecule has 3 heteroatoms. The number of benzene rings is 1. The Hall–Kier alpha value is -1.77. The molecule has 1 aromatic heterocycles.